The molecule has 1 aromatic heterocycles. The molecule has 1 fully saturated rings. The summed E-state index contributed by atoms with van der Waals surface area (Å²) >= 11 is 0. The van der Waals surface area contributed by atoms with Gasteiger partial charge < -0.3 is 15.5 Å². The molecule has 1 aliphatic carbocycles. The number of carbonyl (C=O) groups excluding carboxylic acids is 1. The highest BCUT2D eigenvalue weighted by Crippen LogP contribution is 2.29. The van der Waals surface area contributed by atoms with Crippen LogP contribution in [0.5, 0.6) is 0 Å². The van der Waals surface area contributed by atoms with Gasteiger partial charge in [-0.1, -0.05) is 19.8 Å². The molecule has 0 radical (unpaired) electrons. The largest absolute Gasteiger partial charge is 0.441 e. The second-order valence-corrected chi connectivity index (χ2v) is 5.46. The van der Waals surface area contributed by atoms with E-state index in [1.165, 1.54) is 0 Å². The number of fused-ring (bicyclic) bond motifs is 1. The van der Waals surface area contributed by atoms with Crippen LogP contribution in [-0.4, -0.2) is 16.4 Å². The van der Waals surface area contributed by atoms with E-state index < -0.39 is 5.54 Å². The molecule has 3 N–H and O–H groups in total. The van der Waals surface area contributed by atoms with Crippen molar-refractivity contribution in [1.82, 2.24) is 4.98 Å². The fourth-order valence-corrected chi connectivity index (χ4v) is 2.69. The van der Waals surface area contributed by atoms with E-state index in [4.69, 9.17) is 10.2 Å². The van der Waals surface area contributed by atoms with Crippen molar-refractivity contribution in [2.45, 2.75) is 44.6 Å². The van der Waals surface area contributed by atoms with Crippen molar-refractivity contribution in [2.24, 2.45) is 5.73 Å². The summed E-state index contributed by atoms with van der Waals surface area (Å²) in [7, 11) is 0. The molecule has 21 heavy (non-hydrogen) atoms. The highest BCUT2D eigenvalue weighted by Gasteiger charge is 2.36. The summed E-state index contributed by atoms with van der Waals surface area (Å²) in [5, 5.41) is 2.90. The van der Waals surface area contributed by atoms with Crippen molar-refractivity contribution in [2.75, 3.05) is 5.32 Å². The second kappa shape index (κ2) is 6.03. The lowest BCUT2D eigenvalue weighted by atomic mass is 9.98. The van der Waals surface area contributed by atoms with Gasteiger partial charge in [0.2, 0.25) is 5.91 Å². The van der Waals surface area contributed by atoms with Crippen LogP contribution in [0.4, 0.5) is 5.69 Å². The number of amides is 1. The molecule has 114 valence electrons. The number of nitrogens with one attached hydrogen (secondary N) is 1. The van der Waals surface area contributed by atoms with Crippen molar-refractivity contribution < 1.29 is 9.21 Å². The van der Waals surface area contributed by atoms with Gasteiger partial charge in [-0.2, -0.15) is 0 Å². The molecule has 1 aliphatic rings. The third kappa shape index (κ3) is 3.04. The number of benzene rings is 1. The topological polar surface area (TPSA) is 81.2 Å². The number of halogens is 1. The molecule has 1 amide bonds. The third-order valence-corrected chi connectivity index (χ3v) is 3.94. The maximum Gasteiger partial charge on any atom is 0.244 e. The highest BCUT2D eigenvalue weighted by atomic mass is 35.5. The van der Waals surface area contributed by atoms with Gasteiger partial charge in [0.1, 0.15) is 5.52 Å². The van der Waals surface area contributed by atoms with Crippen molar-refractivity contribution in [3.05, 3.63) is 24.1 Å². The van der Waals surface area contributed by atoms with Gasteiger partial charge in [0.15, 0.2) is 11.5 Å². The van der Waals surface area contributed by atoms with Crippen LogP contribution in [0.3, 0.4) is 0 Å². The smallest absolute Gasteiger partial charge is 0.244 e. The summed E-state index contributed by atoms with van der Waals surface area (Å²) < 4.78 is 5.55. The average Bonchev–Trinajstić information content (AvgIpc) is 3.05. The fourth-order valence-electron chi connectivity index (χ4n) is 2.69. The highest BCUT2D eigenvalue weighted by molar-refractivity contribution is 5.99. The number of nitrogens with zero attached hydrogens (tertiary/aromatic N) is 1. The Morgan fingerprint density at radius 2 is 2.14 bits per heavy atom. The van der Waals surface area contributed by atoms with Gasteiger partial charge in [0.25, 0.3) is 0 Å². The van der Waals surface area contributed by atoms with Gasteiger partial charge in [-0.25, -0.2) is 4.98 Å². The van der Waals surface area contributed by atoms with Gasteiger partial charge in [-0.3, -0.25) is 4.79 Å². The zero-order chi connectivity index (χ0) is 14.2. The quantitative estimate of drug-likeness (QED) is 0.913. The Balaban J connectivity index is 0.00000161. The Bertz CT molecular complexity index is 647. The summed E-state index contributed by atoms with van der Waals surface area (Å²) in [6, 6.07) is 5.48. The first-order valence-electron chi connectivity index (χ1n) is 7.10. The van der Waals surface area contributed by atoms with Crippen LogP contribution in [-0.2, 0) is 11.2 Å². The summed E-state index contributed by atoms with van der Waals surface area (Å²) in [6.45, 7) is 1.99. The first kappa shape index (κ1) is 15.8. The predicted octanol–water partition coefficient (Wildman–Crippen LogP) is 3.02. The first-order chi connectivity index (χ1) is 9.60. The van der Waals surface area contributed by atoms with E-state index in [2.05, 4.69) is 10.3 Å². The maximum atomic E-state index is 12.3. The van der Waals surface area contributed by atoms with Gasteiger partial charge in [0, 0.05) is 12.1 Å². The van der Waals surface area contributed by atoms with Crippen molar-refractivity contribution in [3.8, 4) is 0 Å². The minimum Gasteiger partial charge on any atom is -0.441 e. The molecule has 0 spiro atoms. The first-order valence-corrected chi connectivity index (χ1v) is 7.10. The molecule has 1 saturated carbocycles. The lowest BCUT2D eigenvalue weighted by Crippen LogP contribution is -2.48. The zero-order valence-corrected chi connectivity index (χ0v) is 12.8. The SMILES string of the molecule is CCc1nc2cc(NC(=O)C3(N)CCCC3)ccc2o1.Cl. The van der Waals surface area contributed by atoms with Gasteiger partial charge in [0.05, 0.1) is 5.54 Å². The van der Waals surface area contributed by atoms with E-state index in [0.29, 0.717) is 5.89 Å². The lowest BCUT2D eigenvalue weighted by Gasteiger charge is -2.22. The molecular formula is C15H20ClN3O2. The van der Waals surface area contributed by atoms with Gasteiger partial charge >= 0.3 is 0 Å². The normalized spacial score (nSPS) is 16.7. The molecule has 2 aromatic rings. The molecular weight excluding hydrogens is 290 g/mol. The van der Waals surface area contributed by atoms with Crippen molar-refractivity contribution in [3.63, 3.8) is 0 Å². The number of aromatic nitrogens is 1. The van der Waals surface area contributed by atoms with Crippen LogP contribution >= 0.6 is 12.4 Å². The average molecular weight is 310 g/mol. The molecule has 0 saturated heterocycles. The summed E-state index contributed by atoms with van der Waals surface area (Å²) in [4.78, 5) is 16.6. The molecule has 1 aromatic carbocycles. The Labute approximate surface area is 129 Å². The van der Waals surface area contributed by atoms with Crippen LogP contribution in [0.2, 0.25) is 0 Å². The van der Waals surface area contributed by atoms with Crippen LogP contribution in [0.15, 0.2) is 22.6 Å². The summed E-state index contributed by atoms with van der Waals surface area (Å²) in [5.41, 5.74) is 7.65. The minimum atomic E-state index is -0.715. The molecule has 6 heteroatoms. The Hall–Kier alpha value is -1.59. The Morgan fingerprint density at radius 3 is 2.81 bits per heavy atom. The number of aryl methyl sites for hydroxylation is 1. The number of hydrogen-bond donors (Lipinski definition) is 2. The Kier molecular flexibility index (Phi) is 4.54. The molecule has 0 bridgehead atoms. The number of hydrogen-bond acceptors (Lipinski definition) is 4. The predicted molar refractivity (Wildman–Crippen MR) is 84.7 cm³/mol. The summed E-state index contributed by atoms with van der Waals surface area (Å²) in [5.74, 6) is 0.600. The molecule has 0 unspecified atom stereocenters. The monoisotopic (exact) mass is 309 g/mol. The van der Waals surface area contributed by atoms with E-state index in [-0.39, 0.29) is 18.3 Å². The zero-order valence-electron chi connectivity index (χ0n) is 12.0. The van der Waals surface area contributed by atoms with Gasteiger partial charge in [-0.05, 0) is 31.0 Å². The molecule has 5 nitrogen and oxygen atoms in total. The van der Waals surface area contributed by atoms with E-state index in [1.807, 2.05) is 25.1 Å². The fraction of sp³-hybridized carbons (Fsp3) is 0.467. The molecule has 3 rings (SSSR count). The van der Waals surface area contributed by atoms with E-state index in [0.717, 1.165) is 48.9 Å². The van der Waals surface area contributed by atoms with Gasteiger partial charge in [-0.15, -0.1) is 12.4 Å². The van der Waals surface area contributed by atoms with Crippen LogP contribution in [0.1, 0.15) is 38.5 Å². The van der Waals surface area contributed by atoms with Crippen LogP contribution < -0.4 is 11.1 Å². The standard InChI is InChI=1S/C15H19N3O2.ClH/c1-2-13-18-11-9-10(5-6-12(11)20-13)17-14(19)15(16)7-3-4-8-15;/h5-6,9H,2-4,7-8,16H2,1H3,(H,17,19);1H. The third-order valence-electron chi connectivity index (χ3n) is 3.94. The molecule has 0 atom stereocenters. The minimum absolute atomic E-state index is 0. The Morgan fingerprint density at radius 1 is 1.43 bits per heavy atom. The van der Waals surface area contributed by atoms with Crippen LogP contribution in [0.25, 0.3) is 11.1 Å². The van der Waals surface area contributed by atoms with Crippen molar-refractivity contribution in [1.29, 1.82) is 0 Å². The van der Waals surface area contributed by atoms with Crippen LogP contribution in [0, 0.1) is 0 Å². The lowest BCUT2D eigenvalue weighted by molar-refractivity contribution is -0.121. The molecule has 1 heterocycles. The van der Waals surface area contributed by atoms with Crippen molar-refractivity contribution >= 4 is 35.1 Å². The number of carbonyl (C=O) groups is 1. The van der Waals surface area contributed by atoms with E-state index >= 15 is 0 Å². The summed E-state index contributed by atoms with van der Waals surface area (Å²) in [6.07, 6.45) is 4.30. The molecule has 0 aliphatic heterocycles. The maximum absolute atomic E-state index is 12.3. The van der Waals surface area contributed by atoms with E-state index in [9.17, 15) is 4.79 Å². The number of rotatable bonds is 3. The second-order valence-electron chi connectivity index (χ2n) is 5.46. The number of anilines is 1. The number of oxazole rings is 1. The number of nitrogens with two attached hydrogens (primary N) is 1. The van der Waals surface area contributed by atoms with E-state index in [1.54, 1.807) is 0 Å².